The van der Waals surface area contributed by atoms with E-state index in [9.17, 15) is 18.0 Å². The Morgan fingerprint density at radius 2 is 1.95 bits per heavy atom. The van der Waals surface area contributed by atoms with Gasteiger partial charge in [0.05, 0.1) is 11.9 Å². The van der Waals surface area contributed by atoms with Gasteiger partial charge in [-0.1, -0.05) is 32.4 Å². The Morgan fingerprint density at radius 3 is 2.45 bits per heavy atom. The maximum Gasteiger partial charge on any atom is 0.408 e. The summed E-state index contributed by atoms with van der Waals surface area (Å²) < 4.78 is 37.0. The zero-order valence-corrected chi connectivity index (χ0v) is 12.3. The maximum absolute atomic E-state index is 12.2. The average molecular weight is 312 g/mol. The second-order valence-corrected chi connectivity index (χ2v) is 6.07. The first-order chi connectivity index (χ1) is 8.99. The molecule has 0 aliphatic carbocycles. The van der Waals surface area contributed by atoms with Gasteiger partial charge < -0.3 is 5.32 Å². The molecule has 0 radical (unpaired) electrons. The van der Waals surface area contributed by atoms with Gasteiger partial charge in [-0.2, -0.15) is 18.3 Å². The van der Waals surface area contributed by atoms with Crippen molar-refractivity contribution in [1.29, 1.82) is 0 Å². The fourth-order valence-corrected chi connectivity index (χ4v) is 1.66. The van der Waals surface area contributed by atoms with Crippen molar-refractivity contribution in [3.63, 3.8) is 0 Å². The van der Waals surface area contributed by atoms with Crippen molar-refractivity contribution in [2.45, 2.75) is 39.9 Å². The van der Waals surface area contributed by atoms with Crippen molar-refractivity contribution in [3.05, 3.63) is 21.6 Å². The Hall–Kier alpha value is -1.24. The van der Waals surface area contributed by atoms with Crippen LogP contribution in [0.15, 0.2) is 11.0 Å². The Balaban J connectivity index is 2.82. The molecule has 0 spiro atoms. The monoisotopic (exact) mass is 311 g/mol. The molecule has 114 valence electrons. The Labute approximate surface area is 119 Å². The van der Waals surface area contributed by atoms with Crippen LogP contribution in [0.4, 0.5) is 18.9 Å². The van der Waals surface area contributed by atoms with Crippen molar-refractivity contribution in [2.24, 2.45) is 5.41 Å². The normalized spacial score (nSPS) is 12.6. The minimum atomic E-state index is -4.51. The lowest BCUT2D eigenvalue weighted by molar-refractivity contribution is -0.143. The molecule has 1 N–H and O–H groups in total. The van der Waals surface area contributed by atoms with Crippen LogP contribution in [0.1, 0.15) is 27.2 Å². The molecule has 0 fully saturated rings. The van der Waals surface area contributed by atoms with Gasteiger partial charge in [-0.05, 0) is 11.8 Å². The number of nitrogens with zero attached hydrogens (tertiary/aromatic N) is 2. The van der Waals surface area contributed by atoms with Crippen LogP contribution in [0.2, 0.25) is 5.02 Å². The minimum absolute atomic E-state index is 0.0954. The Kier molecular flexibility index (Phi) is 5.07. The average Bonchev–Trinajstić information content (AvgIpc) is 2.25. The summed E-state index contributed by atoms with van der Waals surface area (Å²) in [6.07, 6.45) is -2.56. The van der Waals surface area contributed by atoms with Crippen molar-refractivity contribution in [1.82, 2.24) is 9.78 Å². The summed E-state index contributed by atoms with van der Waals surface area (Å²) in [7, 11) is 0. The van der Waals surface area contributed by atoms with Gasteiger partial charge in [0.25, 0.3) is 5.56 Å². The summed E-state index contributed by atoms with van der Waals surface area (Å²) in [4.78, 5) is 11.7. The van der Waals surface area contributed by atoms with Gasteiger partial charge >= 0.3 is 6.18 Å². The van der Waals surface area contributed by atoms with E-state index in [0.717, 1.165) is 12.6 Å². The van der Waals surface area contributed by atoms with Gasteiger partial charge in [-0.25, -0.2) is 4.68 Å². The third-order valence-corrected chi connectivity index (χ3v) is 2.87. The molecule has 20 heavy (non-hydrogen) atoms. The summed E-state index contributed by atoms with van der Waals surface area (Å²) >= 11 is 5.77. The smallest absolute Gasteiger partial charge is 0.382 e. The second kappa shape index (κ2) is 6.03. The number of aromatic nitrogens is 2. The van der Waals surface area contributed by atoms with Crippen molar-refractivity contribution in [2.75, 3.05) is 11.9 Å². The minimum Gasteiger partial charge on any atom is -0.382 e. The van der Waals surface area contributed by atoms with Crippen molar-refractivity contribution in [3.8, 4) is 0 Å². The van der Waals surface area contributed by atoms with Gasteiger partial charge in [0.1, 0.15) is 11.6 Å². The highest BCUT2D eigenvalue weighted by atomic mass is 35.5. The summed E-state index contributed by atoms with van der Waals surface area (Å²) in [5.41, 5.74) is -0.609. The number of rotatable bonds is 4. The zero-order chi connectivity index (χ0) is 15.6. The summed E-state index contributed by atoms with van der Waals surface area (Å²) in [6, 6.07) is 0. The number of nitrogens with one attached hydrogen (secondary N) is 1. The maximum atomic E-state index is 12.2. The van der Waals surface area contributed by atoms with E-state index in [0.29, 0.717) is 11.2 Å². The van der Waals surface area contributed by atoms with Crippen LogP contribution in [-0.4, -0.2) is 22.5 Å². The van der Waals surface area contributed by atoms with E-state index < -0.39 is 18.3 Å². The van der Waals surface area contributed by atoms with Gasteiger partial charge in [0.2, 0.25) is 0 Å². The first-order valence-corrected chi connectivity index (χ1v) is 6.44. The predicted molar refractivity (Wildman–Crippen MR) is 72.1 cm³/mol. The van der Waals surface area contributed by atoms with E-state index in [4.69, 9.17) is 11.6 Å². The molecular weight excluding hydrogens is 295 g/mol. The zero-order valence-electron chi connectivity index (χ0n) is 11.5. The molecule has 8 heteroatoms. The molecule has 0 aromatic carbocycles. The van der Waals surface area contributed by atoms with Gasteiger partial charge in [0, 0.05) is 6.54 Å². The quantitative estimate of drug-likeness (QED) is 0.928. The molecule has 0 bridgehead atoms. The SMILES string of the molecule is CC(C)(C)CCNc1cnn(CC(F)(F)F)c(=O)c1Cl. The van der Waals surface area contributed by atoms with Gasteiger partial charge in [-0.3, -0.25) is 4.79 Å². The molecular formula is C12H17ClF3N3O. The first kappa shape index (κ1) is 16.8. The second-order valence-electron chi connectivity index (χ2n) is 5.69. The fourth-order valence-electron chi connectivity index (χ4n) is 1.44. The van der Waals surface area contributed by atoms with Gasteiger partial charge in [-0.15, -0.1) is 0 Å². The van der Waals surface area contributed by atoms with Crippen LogP contribution in [0.25, 0.3) is 0 Å². The Bertz CT molecular complexity index is 520. The highest BCUT2D eigenvalue weighted by molar-refractivity contribution is 6.32. The lowest BCUT2D eigenvalue weighted by Crippen LogP contribution is -2.31. The molecule has 0 atom stereocenters. The molecule has 0 unspecified atom stereocenters. The first-order valence-electron chi connectivity index (χ1n) is 6.06. The van der Waals surface area contributed by atoms with Gasteiger partial charge in [0.15, 0.2) is 0 Å². The van der Waals surface area contributed by atoms with Crippen LogP contribution in [0.3, 0.4) is 0 Å². The molecule has 0 aliphatic rings. The van der Waals surface area contributed by atoms with E-state index in [2.05, 4.69) is 31.2 Å². The molecule has 1 rings (SSSR count). The van der Waals surface area contributed by atoms with Crippen LogP contribution in [0.5, 0.6) is 0 Å². The summed E-state index contributed by atoms with van der Waals surface area (Å²) in [5.74, 6) is 0. The van der Waals surface area contributed by atoms with Crippen molar-refractivity contribution < 1.29 is 13.2 Å². The Morgan fingerprint density at radius 1 is 1.35 bits per heavy atom. The molecule has 1 aromatic heterocycles. The number of hydrogen-bond acceptors (Lipinski definition) is 3. The van der Waals surface area contributed by atoms with E-state index in [1.54, 1.807) is 0 Å². The third kappa shape index (κ3) is 5.40. The highest BCUT2D eigenvalue weighted by Gasteiger charge is 2.29. The largest absolute Gasteiger partial charge is 0.408 e. The fraction of sp³-hybridized carbons (Fsp3) is 0.667. The van der Waals surface area contributed by atoms with E-state index >= 15 is 0 Å². The van der Waals surface area contributed by atoms with Crippen LogP contribution >= 0.6 is 11.6 Å². The number of halogens is 4. The third-order valence-electron chi connectivity index (χ3n) is 2.50. The highest BCUT2D eigenvalue weighted by Crippen LogP contribution is 2.21. The number of alkyl halides is 3. The lowest BCUT2D eigenvalue weighted by Gasteiger charge is -2.19. The number of anilines is 1. The molecule has 0 aliphatic heterocycles. The standard InChI is InChI=1S/C12H17ClF3N3O/c1-11(2,3)4-5-17-8-6-18-19(7-12(14,15)16)10(20)9(8)13/h6,17H,4-5,7H2,1-3H3. The molecule has 1 heterocycles. The van der Waals surface area contributed by atoms with E-state index in [-0.39, 0.29) is 16.1 Å². The van der Waals surface area contributed by atoms with E-state index in [1.165, 1.54) is 0 Å². The number of hydrogen-bond donors (Lipinski definition) is 1. The lowest BCUT2D eigenvalue weighted by atomic mass is 9.92. The van der Waals surface area contributed by atoms with E-state index in [1.807, 2.05) is 0 Å². The van der Waals surface area contributed by atoms with Crippen LogP contribution < -0.4 is 10.9 Å². The van der Waals surface area contributed by atoms with Crippen LogP contribution in [0, 0.1) is 5.41 Å². The van der Waals surface area contributed by atoms with Crippen LogP contribution in [-0.2, 0) is 6.54 Å². The molecule has 0 saturated carbocycles. The topological polar surface area (TPSA) is 46.9 Å². The molecule has 1 aromatic rings. The van der Waals surface area contributed by atoms with Crippen molar-refractivity contribution >= 4 is 17.3 Å². The molecule has 0 amide bonds. The molecule has 0 saturated heterocycles. The summed E-state index contributed by atoms with van der Waals surface area (Å²) in [5, 5.41) is 6.11. The predicted octanol–water partition coefficient (Wildman–Crippen LogP) is 3.31. The molecule has 4 nitrogen and oxygen atoms in total. The summed E-state index contributed by atoms with van der Waals surface area (Å²) in [6.45, 7) is 5.25.